The van der Waals surface area contributed by atoms with Crippen molar-refractivity contribution < 1.29 is 14.1 Å². The summed E-state index contributed by atoms with van der Waals surface area (Å²) in [5.41, 5.74) is 5.69. The van der Waals surface area contributed by atoms with E-state index in [1.165, 1.54) is 5.56 Å². The Morgan fingerprint density at radius 2 is 1.86 bits per heavy atom. The van der Waals surface area contributed by atoms with Crippen LogP contribution in [0.1, 0.15) is 47.1 Å². The topological polar surface area (TPSA) is 64.4 Å². The molecule has 5 rings (SSSR count). The Hall–Kier alpha value is -3.34. The number of fused-ring (bicyclic) bond motifs is 1. The highest BCUT2D eigenvalue weighted by Gasteiger charge is 2.41. The average molecular weight is 386 g/mol. The van der Waals surface area contributed by atoms with E-state index in [1.807, 2.05) is 49.4 Å². The number of allylic oxidation sites excluding steroid dienone is 2. The number of methoxy groups -OCH3 is 1. The van der Waals surface area contributed by atoms with Crippen LogP contribution < -0.4 is 10.1 Å². The van der Waals surface area contributed by atoms with Crippen molar-refractivity contribution in [2.45, 2.75) is 31.6 Å². The van der Waals surface area contributed by atoms with Gasteiger partial charge in [-0.25, -0.2) is 0 Å². The molecule has 1 aliphatic carbocycles. The van der Waals surface area contributed by atoms with Gasteiger partial charge in [-0.2, -0.15) is 0 Å². The van der Waals surface area contributed by atoms with Crippen molar-refractivity contribution >= 4 is 11.7 Å². The van der Waals surface area contributed by atoms with Gasteiger partial charge in [-0.3, -0.25) is 4.79 Å². The van der Waals surface area contributed by atoms with E-state index in [0.717, 1.165) is 40.3 Å². The Kier molecular flexibility index (Phi) is 4.23. The summed E-state index contributed by atoms with van der Waals surface area (Å²) in [6.07, 6.45) is 1.27. The summed E-state index contributed by atoms with van der Waals surface area (Å²) < 4.78 is 11.0. The molecular formula is C24H22N2O3. The molecule has 2 atom stereocenters. The number of aromatic nitrogens is 1. The van der Waals surface area contributed by atoms with E-state index in [4.69, 9.17) is 9.26 Å². The van der Waals surface area contributed by atoms with E-state index in [1.54, 1.807) is 7.11 Å². The smallest absolute Gasteiger partial charge is 0.233 e. The Morgan fingerprint density at radius 3 is 2.66 bits per heavy atom. The number of carbonyl (C=O) groups is 1. The van der Waals surface area contributed by atoms with Crippen LogP contribution in [0.4, 0.5) is 5.88 Å². The van der Waals surface area contributed by atoms with Gasteiger partial charge in [0, 0.05) is 23.6 Å². The number of ether oxygens (including phenoxy) is 1. The normalized spacial score (nSPS) is 20.7. The minimum Gasteiger partial charge on any atom is -0.497 e. The van der Waals surface area contributed by atoms with Gasteiger partial charge in [-0.15, -0.1) is 0 Å². The predicted molar refractivity (Wildman–Crippen MR) is 110 cm³/mol. The Labute approximate surface area is 169 Å². The molecule has 29 heavy (non-hydrogen) atoms. The van der Waals surface area contributed by atoms with Crippen LogP contribution in [-0.2, 0) is 4.79 Å². The second-order valence-corrected chi connectivity index (χ2v) is 7.68. The lowest BCUT2D eigenvalue weighted by atomic mass is 9.72. The van der Waals surface area contributed by atoms with Crippen molar-refractivity contribution in [3.05, 3.63) is 88.3 Å². The molecule has 0 spiro atoms. The molecule has 0 radical (unpaired) electrons. The van der Waals surface area contributed by atoms with Gasteiger partial charge in [-0.05, 0) is 42.5 Å². The molecular weight excluding hydrogens is 364 g/mol. The van der Waals surface area contributed by atoms with Gasteiger partial charge in [0.25, 0.3) is 0 Å². The molecule has 0 unspecified atom stereocenters. The fourth-order valence-electron chi connectivity index (χ4n) is 4.59. The van der Waals surface area contributed by atoms with Crippen LogP contribution in [0.3, 0.4) is 0 Å². The van der Waals surface area contributed by atoms with E-state index < -0.39 is 0 Å². The second-order valence-electron chi connectivity index (χ2n) is 7.68. The van der Waals surface area contributed by atoms with Gasteiger partial charge in [-0.1, -0.05) is 47.6 Å². The molecule has 5 nitrogen and oxygen atoms in total. The number of hydrogen-bond acceptors (Lipinski definition) is 5. The number of rotatable bonds is 3. The van der Waals surface area contributed by atoms with Crippen LogP contribution in [-0.4, -0.2) is 18.0 Å². The Morgan fingerprint density at radius 1 is 1.07 bits per heavy atom. The van der Waals surface area contributed by atoms with Gasteiger partial charge in [0.15, 0.2) is 5.78 Å². The number of carbonyl (C=O) groups excluding carboxylic acids is 1. The molecule has 146 valence electrons. The zero-order valence-electron chi connectivity index (χ0n) is 16.4. The Bertz CT molecular complexity index is 1110. The quantitative estimate of drug-likeness (QED) is 0.690. The van der Waals surface area contributed by atoms with Crippen LogP contribution in [0.2, 0.25) is 0 Å². The van der Waals surface area contributed by atoms with E-state index in [0.29, 0.717) is 12.3 Å². The standard InChI is InChI=1S/C24H22N2O3/c1-14-21-22(16-9-6-10-18(11-16)28-2)23-19(25-24(21)29-26-14)12-17(13-20(23)27)15-7-4-3-5-8-15/h3-11,17,22,25H,12-13H2,1-2H3/t17-,22-/m0/s1. The molecule has 1 aliphatic heterocycles. The fourth-order valence-corrected chi connectivity index (χ4v) is 4.59. The summed E-state index contributed by atoms with van der Waals surface area (Å²) >= 11 is 0. The molecule has 5 heteroatoms. The zero-order valence-corrected chi connectivity index (χ0v) is 16.4. The summed E-state index contributed by atoms with van der Waals surface area (Å²) in [7, 11) is 1.65. The van der Waals surface area contributed by atoms with Crippen molar-refractivity contribution in [1.29, 1.82) is 0 Å². The van der Waals surface area contributed by atoms with Crippen molar-refractivity contribution in [3.63, 3.8) is 0 Å². The molecule has 0 amide bonds. The van der Waals surface area contributed by atoms with Gasteiger partial charge < -0.3 is 14.6 Å². The monoisotopic (exact) mass is 386 g/mol. The highest BCUT2D eigenvalue weighted by atomic mass is 16.5. The third-order valence-electron chi connectivity index (χ3n) is 5.96. The lowest BCUT2D eigenvalue weighted by Gasteiger charge is -2.34. The van der Waals surface area contributed by atoms with Gasteiger partial charge in [0.1, 0.15) is 5.75 Å². The van der Waals surface area contributed by atoms with Crippen molar-refractivity contribution in [3.8, 4) is 5.75 Å². The minimum absolute atomic E-state index is 0.159. The number of anilines is 1. The predicted octanol–water partition coefficient (Wildman–Crippen LogP) is 4.95. The minimum atomic E-state index is -0.202. The van der Waals surface area contributed by atoms with Gasteiger partial charge in [0.05, 0.1) is 18.4 Å². The van der Waals surface area contributed by atoms with Crippen molar-refractivity contribution in [1.82, 2.24) is 5.16 Å². The molecule has 3 aromatic rings. The molecule has 2 heterocycles. The third-order valence-corrected chi connectivity index (χ3v) is 5.96. The van der Waals surface area contributed by atoms with E-state index in [-0.39, 0.29) is 17.6 Å². The van der Waals surface area contributed by atoms with Gasteiger partial charge >= 0.3 is 0 Å². The first-order chi connectivity index (χ1) is 14.2. The fraction of sp³-hybridized carbons (Fsp3) is 0.250. The van der Waals surface area contributed by atoms with Crippen LogP contribution in [0.15, 0.2) is 70.4 Å². The first-order valence-corrected chi connectivity index (χ1v) is 9.84. The number of nitrogens with zero attached hydrogens (tertiary/aromatic N) is 1. The molecule has 2 aromatic carbocycles. The zero-order chi connectivity index (χ0) is 20.0. The Balaban J connectivity index is 1.63. The van der Waals surface area contributed by atoms with Crippen LogP contribution in [0.5, 0.6) is 5.75 Å². The molecule has 0 bridgehead atoms. The average Bonchev–Trinajstić information content (AvgIpc) is 3.13. The third kappa shape index (κ3) is 2.94. The maximum Gasteiger partial charge on any atom is 0.233 e. The van der Waals surface area contributed by atoms with E-state index in [9.17, 15) is 4.79 Å². The van der Waals surface area contributed by atoms with E-state index >= 15 is 0 Å². The number of aryl methyl sites for hydroxylation is 1. The second kappa shape index (κ2) is 6.92. The van der Waals surface area contributed by atoms with Crippen LogP contribution >= 0.6 is 0 Å². The summed E-state index contributed by atoms with van der Waals surface area (Å²) in [6, 6.07) is 18.1. The summed E-state index contributed by atoms with van der Waals surface area (Å²) in [5, 5.41) is 7.55. The number of nitrogens with one attached hydrogen (secondary N) is 1. The molecule has 0 saturated heterocycles. The van der Waals surface area contributed by atoms with Crippen molar-refractivity contribution in [2.75, 3.05) is 12.4 Å². The maximum absolute atomic E-state index is 13.4. The highest BCUT2D eigenvalue weighted by molar-refractivity contribution is 6.01. The van der Waals surface area contributed by atoms with Crippen LogP contribution in [0, 0.1) is 6.92 Å². The molecule has 1 aromatic heterocycles. The summed E-state index contributed by atoms with van der Waals surface area (Å²) in [5.74, 6) is 1.53. The number of benzene rings is 2. The number of ketones is 1. The van der Waals surface area contributed by atoms with Gasteiger partial charge in [0.2, 0.25) is 5.88 Å². The lowest BCUT2D eigenvalue weighted by molar-refractivity contribution is -0.116. The lowest BCUT2D eigenvalue weighted by Crippen LogP contribution is -2.29. The van der Waals surface area contributed by atoms with Crippen LogP contribution in [0.25, 0.3) is 0 Å². The number of Topliss-reactive ketones (excluding diaryl/α,β-unsaturated/α-hetero) is 1. The number of hydrogen-bond donors (Lipinski definition) is 1. The molecule has 2 aliphatic rings. The largest absolute Gasteiger partial charge is 0.497 e. The highest BCUT2D eigenvalue weighted by Crippen LogP contribution is 2.49. The SMILES string of the molecule is COc1cccc([C@@H]2C3=C(C[C@H](c4ccccc4)CC3=O)Nc3onc(C)c32)c1. The molecule has 1 N–H and O–H groups in total. The first-order valence-electron chi connectivity index (χ1n) is 9.84. The summed E-state index contributed by atoms with van der Waals surface area (Å²) in [6.45, 7) is 1.92. The maximum atomic E-state index is 13.4. The molecule has 0 fully saturated rings. The first kappa shape index (κ1) is 17.7. The van der Waals surface area contributed by atoms with Crippen molar-refractivity contribution in [2.24, 2.45) is 0 Å². The summed E-state index contributed by atoms with van der Waals surface area (Å²) in [4.78, 5) is 13.4. The molecule has 0 saturated carbocycles. The van der Waals surface area contributed by atoms with E-state index in [2.05, 4.69) is 22.6 Å².